The Kier molecular flexibility index (Phi) is 5.41. The van der Waals surface area contributed by atoms with Crippen LogP contribution in [0.15, 0.2) is 0 Å². The maximum Gasteiger partial charge on any atom is 0.327 e. The highest BCUT2D eigenvalue weighted by molar-refractivity contribution is 5.80. The van der Waals surface area contributed by atoms with Crippen LogP contribution < -0.4 is 5.32 Å². The standard InChI is InChI=1S/C15H28N2O3/c1-4-8-16-15(2,14(18)19-3)11-17-9-10-20-13-7-5-6-12(13)17/h12-13,16H,4-11H2,1-3H3. The second kappa shape index (κ2) is 6.87. The van der Waals surface area contributed by atoms with Gasteiger partial charge in [-0.05, 0) is 39.2 Å². The summed E-state index contributed by atoms with van der Waals surface area (Å²) in [5.41, 5.74) is -0.630. The van der Waals surface area contributed by atoms with Gasteiger partial charge in [0.25, 0.3) is 0 Å². The molecular formula is C15H28N2O3. The number of fused-ring (bicyclic) bond motifs is 1. The van der Waals surface area contributed by atoms with Gasteiger partial charge in [-0.25, -0.2) is 0 Å². The van der Waals surface area contributed by atoms with Crippen molar-refractivity contribution < 1.29 is 14.3 Å². The molecule has 0 spiro atoms. The molecule has 0 aromatic carbocycles. The van der Waals surface area contributed by atoms with Crippen LogP contribution in [-0.2, 0) is 14.3 Å². The normalized spacial score (nSPS) is 29.8. The van der Waals surface area contributed by atoms with E-state index < -0.39 is 5.54 Å². The lowest BCUT2D eigenvalue weighted by Gasteiger charge is -2.42. The van der Waals surface area contributed by atoms with Crippen LogP contribution in [0.3, 0.4) is 0 Å². The number of carbonyl (C=O) groups is 1. The Morgan fingerprint density at radius 3 is 3.00 bits per heavy atom. The molecule has 5 heteroatoms. The molecule has 1 saturated carbocycles. The molecular weight excluding hydrogens is 256 g/mol. The van der Waals surface area contributed by atoms with E-state index in [1.165, 1.54) is 20.0 Å². The molecule has 2 fully saturated rings. The molecule has 0 aromatic heterocycles. The molecule has 0 radical (unpaired) electrons. The van der Waals surface area contributed by atoms with E-state index in [4.69, 9.17) is 9.47 Å². The molecule has 1 aliphatic carbocycles. The van der Waals surface area contributed by atoms with Crippen molar-refractivity contribution in [2.45, 2.75) is 57.2 Å². The highest BCUT2D eigenvalue weighted by Crippen LogP contribution is 2.30. The molecule has 2 aliphatic rings. The van der Waals surface area contributed by atoms with Crippen LogP contribution in [0.1, 0.15) is 39.5 Å². The highest BCUT2D eigenvalue weighted by Gasteiger charge is 2.42. The lowest BCUT2D eigenvalue weighted by Crippen LogP contribution is -2.61. The van der Waals surface area contributed by atoms with E-state index in [1.807, 2.05) is 6.92 Å². The Morgan fingerprint density at radius 1 is 1.50 bits per heavy atom. The number of hydrogen-bond acceptors (Lipinski definition) is 5. The smallest absolute Gasteiger partial charge is 0.327 e. The van der Waals surface area contributed by atoms with E-state index in [1.54, 1.807) is 0 Å². The molecule has 1 heterocycles. The van der Waals surface area contributed by atoms with E-state index in [2.05, 4.69) is 17.1 Å². The van der Waals surface area contributed by atoms with Crippen molar-refractivity contribution in [2.75, 3.05) is 33.4 Å². The van der Waals surface area contributed by atoms with Crippen LogP contribution in [0.4, 0.5) is 0 Å². The van der Waals surface area contributed by atoms with E-state index in [-0.39, 0.29) is 5.97 Å². The minimum Gasteiger partial charge on any atom is -0.468 e. The largest absolute Gasteiger partial charge is 0.468 e. The molecule has 1 aliphatic heterocycles. The summed E-state index contributed by atoms with van der Waals surface area (Å²) in [6.45, 7) is 7.25. The van der Waals surface area contributed by atoms with Crippen molar-refractivity contribution in [2.24, 2.45) is 0 Å². The maximum absolute atomic E-state index is 12.2. The average molecular weight is 284 g/mol. The van der Waals surface area contributed by atoms with Crippen LogP contribution in [-0.4, -0.2) is 61.9 Å². The number of morpholine rings is 1. The fraction of sp³-hybridized carbons (Fsp3) is 0.933. The zero-order chi connectivity index (χ0) is 14.6. The van der Waals surface area contributed by atoms with Crippen LogP contribution >= 0.6 is 0 Å². The Hall–Kier alpha value is -0.650. The third kappa shape index (κ3) is 3.32. The second-order valence-corrected chi connectivity index (χ2v) is 6.13. The first-order valence-corrected chi connectivity index (χ1v) is 7.80. The number of hydrogen-bond donors (Lipinski definition) is 1. The number of methoxy groups -OCH3 is 1. The third-order valence-electron chi connectivity index (χ3n) is 4.52. The number of rotatable bonds is 6. The Morgan fingerprint density at radius 2 is 2.30 bits per heavy atom. The van der Waals surface area contributed by atoms with Crippen molar-refractivity contribution in [1.29, 1.82) is 0 Å². The summed E-state index contributed by atoms with van der Waals surface area (Å²) in [5, 5.41) is 3.37. The number of ether oxygens (including phenoxy) is 2. The molecule has 0 bridgehead atoms. The molecule has 116 valence electrons. The van der Waals surface area contributed by atoms with Crippen molar-refractivity contribution in [3.63, 3.8) is 0 Å². The van der Waals surface area contributed by atoms with E-state index in [0.717, 1.165) is 32.5 Å². The van der Waals surface area contributed by atoms with Crippen LogP contribution in [0.25, 0.3) is 0 Å². The van der Waals surface area contributed by atoms with Gasteiger partial charge in [0.15, 0.2) is 0 Å². The molecule has 0 aromatic rings. The minimum atomic E-state index is -0.630. The van der Waals surface area contributed by atoms with E-state index in [9.17, 15) is 4.79 Å². The van der Waals surface area contributed by atoms with E-state index >= 15 is 0 Å². The molecule has 20 heavy (non-hydrogen) atoms. The quantitative estimate of drug-likeness (QED) is 0.742. The van der Waals surface area contributed by atoms with Crippen molar-refractivity contribution in [1.82, 2.24) is 10.2 Å². The fourth-order valence-electron chi connectivity index (χ4n) is 3.43. The predicted molar refractivity (Wildman–Crippen MR) is 77.7 cm³/mol. The van der Waals surface area contributed by atoms with Gasteiger partial charge in [0.05, 0.1) is 19.8 Å². The zero-order valence-corrected chi connectivity index (χ0v) is 13.0. The molecule has 0 amide bonds. The van der Waals surface area contributed by atoms with Crippen LogP contribution in [0.2, 0.25) is 0 Å². The average Bonchev–Trinajstić information content (AvgIpc) is 2.94. The SMILES string of the molecule is CCCNC(C)(CN1CCOC2CCCC21)C(=O)OC. The summed E-state index contributed by atoms with van der Waals surface area (Å²) in [5.74, 6) is -0.174. The molecule has 1 N–H and O–H groups in total. The van der Waals surface area contributed by atoms with Crippen molar-refractivity contribution >= 4 is 5.97 Å². The van der Waals surface area contributed by atoms with Gasteiger partial charge in [-0.15, -0.1) is 0 Å². The van der Waals surface area contributed by atoms with Gasteiger partial charge in [-0.2, -0.15) is 0 Å². The predicted octanol–water partition coefficient (Wildman–Crippen LogP) is 1.17. The monoisotopic (exact) mass is 284 g/mol. The van der Waals surface area contributed by atoms with Crippen LogP contribution in [0.5, 0.6) is 0 Å². The van der Waals surface area contributed by atoms with Gasteiger partial charge < -0.3 is 14.8 Å². The zero-order valence-electron chi connectivity index (χ0n) is 13.0. The molecule has 3 unspecified atom stereocenters. The Labute approximate surface area is 122 Å². The number of nitrogens with zero attached hydrogens (tertiary/aromatic N) is 1. The molecule has 5 nitrogen and oxygen atoms in total. The molecule has 3 atom stereocenters. The summed E-state index contributed by atoms with van der Waals surface area (Å²) in [4.78, 5) is 14.6. The lowest BCUT2D eigenvalue weighted by atomic mass is 9.99. The summed E-state index contributed by atoms with van der Waals surface area (Å²) in [6.07, 6.45) is 4.91. The topological polar surface area (TPSA) is 50.8 Å². The van der Waals surface area contributed by atoms with E-state index in [0.29, 0.717) is 18.7 Å². The summed E-state index contributed by atoms with van der Waals surface area (Å²) in [6, 6.07) is 0.469. The van der Waals surface area contributed by atoms with Gasteiger partial charge in [-0.1, -0.05) is 6.92 Å². The molecule has 1 saturated heterocycles. The fourth-order valence-corrected chi connectivity index (χ4v) is 3.43. The summed E-state index contributed by atoms with van der Waals surface area (Å²) < 4.78 is 10.8. The van der Waals surface area contributed by atoms with Crippen molar-refractivity contribution in [3.8, 4) is 0 Å². The maximum atomic E-state index is 12.2. The van der Waals surface area contributed by atoms with Gasteiger partial charge in [0.1, 0.15) is 5.54 Å². The second-order valence-electron chi connectivity index (χ2n) is 6.13. The Bertz CT molecular complexity index is 337. The molecule has 2 rings (SSSR count). The van der Waals surface area contributed by atoms with Gasteiger partial charge in [-0.3, -0.25) is 9.69 Å². The first-order chi connectivity index (χ1) is 9.60. The van der Waals surface area contributed by atoms with Crippen molar-refractivity contribution in [3.05, 3.63) is 0 Å². The summed E-state index contributed by atoms with van der Waals surface area (Å²) in [7, 11) is 1.46. The lowest BCUT2D eigenvalue weighted by molar-refractivity contribution is -0.150. The summed E-state index contributed by atoms with van der Waals surface area (Å²) >= 11 is 0. The number of carbonyl (C=O) groups excluding carboxylic acids is 1. The Balaban J connectivity index is 2.04. The van der Waals surface area contributed by atoms with Gasteiger partial charge in [0, 0.05) is 19.1 Å². The minimum absolute atomic E-state index is 0.174. The first kappa shape index (κ1) is 15.7. The highest BCUT2D eigenvalue weighted by atomic mass is 16.5. The van der Waals surface area contributed by atoms with Crippen LogP contribution in [0, 0.1) is 0 Å². The number of nitrogens with one attached hydrogen (secondary N) is 1. The van der Waals surface area contributed by atoms with Gasteiger partial charge in [0.2, 0.25) is 0 Å². The third-order valence-corrected chi connectivity index (χ3v) is 4.52. The number of esters is 1. The first-order valence-electron chi connectivity index (χ1n) is 7.80. The van der Waals surface area contributed by atoms with Gasteiger partial charge >= 0.3 is 5.97 Å².